The number of hydrogen-bond donors (Lipinski definition) is 2. The number of carbonyl (C=O) groups is 1. The minimum Gasteiger partial charge on any atom is -0.481 e. The minimum absolute atomic E-state index is 0.00807. The maximum atomic E-state index is 12.3. The lowest BCUT2D eigenvalue weighted by molar-refractivity contribution is -0.137. The van der Waals surface area contributed by atoms with Gasteiger partial charge in [-0.2, -0.15) is 0 Å². The van der Waals surface area contributed by atoms with Gasteiger partial charge in [0, 0.05) is 16.9 Å². The lowest BCUT2D eigenvalue weighted by Crippen LogP contribution is -2.33. The summed E-state index contributed by atoms with van der Waals surface area (Å²) in [5, 5.41) is 8.58. The molecule has 0 saturated heterocycles. The second kappa shape index (κ2) is 7.78. The molecular formula is C12H14BrCl2NO4S. The van der Waals surface area contributed by atoms with Gasteiger partial charge in [0.15, 0.2) is 0 Å². The Morgan fingerprint density at radius 1 is 1.38 bits per heavy atom. The molecule has 0 fully saturated rings. The van der Waals surface area contributed by atoms with Gasteiger partial charge in [-0.25, -0.2) is 13.1 Å². The first kappa shape index (κ1) is 18.7. The maximum Gasteiger partial charge on any atom is 0.303 e. The number of carboxylic acids is 1. The lowest BCUT2D eigenvalue weighted by atomic mass is 10.1. The third-order valence-electron chi connectivity index (χ3n) is 2.62. The van der Waals surface area contributed by atoms with Gasteiger partial charge in [0.2, 0.25) is 10.0 Å². The lowest BCUT2D eigenvalue weighted by Gasteiger charge is -2.15. The van der Waals surface area contributed by atoms with Crippen molar-refractivity contribution in [1.82, 2.24) is 4.72 Å². The summed E-state index contributed by atoms with van der Waals surface area (Å²) in [4.78, 5) is 10.2. The van der Waals surface area contributed by atoms with Crippen molar-refractivity contribution in [2.45, 2.75) is 37.1 Å². The standard InChI is InChI=1S/C12H14BrCl2NO4S/c1-7(3-2-4-11(17)18)16-21(19,20)12-9(14)5-8(13)6-10(12)15/h5-7,16H,2-4H2,1H3,(H,17,18). The summed E-state index contributed by atoms with van der Waals surface area (Å²) in [5.74, 6) is -0.913. The van der Waals surface area contributed by atoms with Crippen LogP contribution < -0.4 is 4.72 Å². The number of rotatable bonds is 7. The molecule has 0 spiro atoms. The minimum atomic E-state index is -3.87. The van der Waals surface area contributed by atoms with Crippen molar-refractivity contribution >= 4 is 55.1 Å². The number of sulfonamides is 1. The zero-order valence-electron chi connectivity index (χ0n) is 11.1. The molecule has 2 N–H and O–H groups in total. The summed E-state index contributed by atoms with van der Waals surface area (Å²) in [6, 6.07) is 2.46. The summed E-state index contributed by atoms with van der Waals surface area (Å²) < 4.78 is 27.6. The van der Waals surface area contributed by atoms with Gasteiger partial charge in [0.25, 0.3) is 0 Å². The van der Waals surface area contributed by atoms with Crippen LogP contribution in [-0.4, -0.2) is 25.5 Å². The topological polar surface area (TPSA) is 83.5 Å². The van der Waals surface area contributed by atoms with Crippen LogP contribution in [-0.2, 0) is 14.8 Å². The molecule has 0 aromatic heterocycles. The monoisotopic (exact) mass is 417 g/mol. The molecule has 0 heterocycles. The van der Waals surface area contributed by atoms with Crippen LogP contribution in [0.3, 0.4) is 0 Å². The zero-order valence-corrected chi connectivity index (χ0v) is 15.0. The van der Waals surface area contributed by atoms with Crippen LogP contribution >= 0.6 is 39.1 Å². The van der Waals surface area contributed by atoms with Crippen molar-refractivity contribution < 1.29 is 18.3 Å². The number of carboxylic acid groups (broad SMARTS) is 1. The molecular weight excluding hydrogens is 405 g/mol. The molecule has 0 saturated carbocycles. The van der Waals surface area contributed by atoms with E-state index in [0.29, 0.717) is 17.3 Å². The number of nitrogens with one attached hydrogen (secondary N) is 1. The van der Waals surface area contributed by atoms with E-state index < -0.39 is 22.0 Å². The smallest absolute Gasteiger partial charge is 0.303 e. The molecule has 1 rings (SSSR count). The van der Waals surface area contributed by atoms with E-state index in [0.717, 1.165) is 0 Å². The molecule has 118 valence electrons. The van der Waals surface area contributed by atoms with Gasteiger partial charge < -0.3 is 5.11 Å². The fraction of sp³-hybridized carbons (Fsp3) is 0.417. The van der Waals surface area contributed by atoms with Gasteiger partial charge in [0.05, 0.1) is 10.0 Å². The quantitative estimate of drug-likeness (QED) is 0.707. The molecule has 5 nitrogen and oxygen atoms in total. The molecule has 0 aliphatic rings. The molecule has 0 aliphatic heterocycles. The van der Waals surface area contributed by atoms with E-state index in [-0.39, 0.29) is 21.4 Å². The third kappa shape index (κ3) is 5.75. The molecule has 9 heteroatoms. The van der Waals surface area contributed by atoms with Gasteiger partial charge >= 0.3 is 5.97 Å². The fourth-order valence-electron chi connectivity index (χ4n) is 1.73. The highest BCUT2D eigenvalue weighted by Crippen LogP contribution is 2.32. The highest BCUT2D eigenvalue weighted by atomic mass is 79.9. The van der Waals surface area contributed by atoms with Crippen molar-refractivity contribution in [2.24, 2.45) is 0 Å². The van der Waals surface area contributed by atoms with Crippen molar-refractivity contribution in [3.63, 3.8) is 0 Å². The van der Waals surface area contributed by atoms with Crippen LogP contribution in [0.1, 0.15) is 26.2 Å². The van der Waals surface area contributed by atoms with Gasteiger partial charge in [-0.05, 0) is 31.9 Å². The molecule has 1 unspecified atom stereocenters. The Hall–Kier alpha value is -0.340. The molecule has 0 radical (unpaired) electrons. The molecule has 0 aliphatic carbocycles. The van der Waals surface area contributed by atoms with Gasteiger partial charge in [-0.1, -0.05) is 39.1 Å². The Labute approximate surface area is 141 Å². The van der Waals surface area contributed by atoms with Crippen LogP contribution in [0.4, 0.5) is 0 Å². The van der Waals surface area contributed by atoms with Crippen LogP contribution in [0.15, 0.2) is 21.5 Å². The fourth-order valence-corrected chi connectivity index (χ4v) is 4.94. The highest BCUT2D eigenvalue weighted by Gasteiger charge is 2.24. The Bertz CT molecular complexity index is 613. The number of hydrogen-bond acceptors (Lipinski definition) is 3. The SMILES string of the molecule is CC(CCCC(=O)O)NS(=O)(=O)c1c(Cl)cc(Br)cc1Cl. The van der Waals surface area contributed by atoms with Crippen LogP contribution in [0.25, 0.3) is 0 Å². The number of aliphatic carboxylic acids is 1. The average molecular weight is 419 g/mol. The first-order chi connectivity index (χ1) is 9.63. The molecule has 0 amide bonds. The summed E-state index contributed by atoms with van der Waals surface area (Å²) in [6.07, 6.45) is 0.768. The van der Waals surface area contributed by atoms with Gasteiger partial charge in [-0.3, -0.25) is 4.79 Å². The van der Waals surface area contributed by atoms with Crippen molar-refractivity contribution in [3.8, 4) is 0 Å². The Balaban J connectivity index is 2.85. The van der Waals surface area contributed by atoms with Crippen LogP contribution in [0.5, 0.6) is 0 Å². The van der Waals surface area contributed by atoms with E-state index >= 15 is 0 Å². The summed E-state index contributed by atoms with van der Waals surface area (Å²) in [6.45, 7) is 1.65. The van der Waals surface area contributed by atoms with Gasteiger partial charge in [-0.15, -0.1) is 0 Å². The largest absolute Gasteiger partial charge is 0.481 e. The molecule has 0 bridgehead atoms. The van der Waals surface area contributed by atoms with E-state index in [2.05, 4.69) is 20.7 Å². The predicted molar refractivity (Wildman–Crippen MR) is 85.4 cm³/mol. The van der Waals surface area contributed by atoms with Crippen LogP contribution in [0.2, 0.25) is 10.0 Å². The van der Waals surface area contributed by atoms with Crippen molar-refractivity contribution in [3.05, 3.63) is 26.7 Å². The Morgan fingerprint density at radius 2 is 1.90 bits per heavy atom. The summed E-state index contributed by atoms with van der Waals surface area (Å²) in [5.41, 5.74) is 0. The Morgan fingerprint density at radius 3 is 2.38 bits per heavy atom. The number of halogens is 3. The second-order valence-electron chi connectivity index (χ2n) is 4.51. The summed E-state index contributed by atoms with van der Waals surface area (Å²) in [7, 11) is -3.87. The van der Waals surface area contributed by atoms with E-state index in [1.54, 1.807) is 6.92 Å². The van der Waals surface area contributed by atoms with Gasteiger partial charge in [0.1, 0.15) is 4.90 Å². The first-order valence-electron chi connectivity index (χ1n) is 6.02. The van der Waals surface area contributed by atoms with Crippen molar-refractivity contribution in [1.29, 1.82) is 0 Å². The van der Waals surface area contributed by atoms with E-state index in [1.165, 1.54) is 12.1 Å². The third-order valence-corrected chi connectivity index (χ3v) is 5.58. The molecule has 1 aromatic rings. The second-order valence-corrected chi connectivity index (χ2v) is 7.89. The van der Waals surface area contributed by atoms with E-state index in [4.69, 9.17) is 28.3 Å². The van der Waals surface area contributed by atoms with Crippen molar-refractivity contribution in [2.75, 3.05) is 0 Å². The molecule has 21 heavy (non-hydrogen) atoms. The zero-order chi connectivity index (χ0) is 16.2. The highest BCUT2D eigenvalue weighted by molar-refractivity contribution is 9.10. The van der Waals surface area contributed by atoms with E-state index in [1.807, 2.05) is 0 Å². The predicted octanol–water partition coefficient (Wildman–Crippen LogP) is 3.68. The van der Waals surface area contributed by atoms with E-state index in [9.17, 15) is 13.2 Å². The normalized spacial score (nSPS) is 13.1. The number of benzene rings is 1. The molecule has 1 atom stereocenters. The maximum absolute atomic E-state index is 12.3. The first-order valence-corrected chi connectivity index (χ1v) is 9.05. The van der Waals surface area contributed by atoms with Crippen LogP contribution in [0, 0.1) is 0 Å². The summed E-state index contributed by atoms with van der Waals surface area (Å²) >= 11 is 15.0. The molecule has 1 aromatic carbocycles. The average Bonchev–Trinajstić information content (AvgIpc) is 2.24. The Kier molecular flexibility index (Phi) is 6.93.